The second-order valence-electron chi connectivity index (χ2n) is 7.30. The Hall–Kier alpha value is -3.04. The maximum Gasteiger partial charge on any atom is 0.433 e. The van der Waals surface area contributed by atoms with Crippen molar-refractivity contribution in [1.82, 2.24) is 9.97 Å². The monoisotopic (exact) mass is 460 g/mol. The van der Waals surface area contributed by atoms with Crippen LogP contribution in [0.15, 0.2) is 48.7 Å². The van der Waals surface area contributed by atoms with Gasteiger partial charge < -0.3 is 0 Å². The van der Waals surface area contributed by atoms with Crippen molar-refractivity contribution in [2.24, 2.45) is 0 Å². The molecule has 0 radical (unpaired) electrons. The van der Waals surface area contributed by atoms with Crippen molar-refractivity contribution < 1.29 is 35.1 Å². The molecule has 3 aromatic rings. The summed E-state index contributed by atoms with van der Waals surface area (Å²) in [5.41, 5.74) is -1.79. The van der Waals surface area contributed by atoms with E-state index in [0.717, 1.165) is 30.5 Å². The van der Waals surface area contributed by atoms with E-state index in [1.165, 1.54) is 25.1 Å². The molecule has 2 nitrogen and oxygen atoms in total. The van der Waals surface area contributed by atoms with Crippen molar-refractivity contribution in [3.8, 4) is 0 Å². The largest absolute Gasteiger partial charge is 0.433 e. The number of hydrogen-bond acceptors (Lipinski definition) is 2. The summed E-state index contributed by atoms with van der Waals surface area (Å²) in [7, 11) is 0. The molecule has 0 amide bonds. The normalized spacial score (nSPS) is 12.4. The third kappa shape index (κ3) is 6.02. The number of hydrogen-bond donors (Lipinski definition) is 0. The van der Waals surface area contributed by atoms with E-state index in [2.05, 4.69) is 9.97 Å². The molecule has 0 spiro atoms. The molecule has 0 atom stereocenters. The first-order valence-electron chi connectivity index (χ1n) is 9.29. The maximum absolute atomic E-state index is 13.4. The molecule has 0 aliphatic rings. The Balaban J connectivity index is 1.99. The van der Waals surface area contributed by atoms with Crippen LogP contribution in [0.25, 0.3) is 0 Å². The van der Waals surface area contributed by atoms with Crippen LogP contribution in [0.4, 0.5) is 35.1 Å². The lowest BCUT2D eigenvalue weighted by atomic mass is 9.98. The summed E-state index contributed by atoms with van der Waals surface area (Å²) in [5.74, 6) is 0. The molecule has 10 heteroatoms. The zero-order chi connectivity index (χ0) is 23.7. The smallest absolute Gasteiger partial charge is 0.255 e. The topological polar surface area (TPSA) is 25.8 Å². The lowest BCUT2D eigenvalue weighted by molar-refractivity contribution is -0.141. The lowest BCUT2D eigenvalue weighted by Gasteiger charge is -2.14. The van der Waals surface area contributed by atoms with Crippen LogP contribution in [0.5, 0.6) is 0 Å². The van der Waals surface area contributed by atoms with Crippen LogP contribution in [-0.4, -0.2) is 9.97 Å². The van der Waals surface area contributed by atoms with Crippen LogP contribution < -0.4 is 0 Å². The summed E-state index contributed by atoms with van der Waals surface area (Å²) in [4.78, 5) is 7.08. The van der Waals surface area contributed by atoms with E-state index in [0.29, 0.717) is 5.56 Å². The van der Waals surface area contributed by atoms with Crippen molar-refractivity contribution in [2.45, 2.75) is 38.5 Å². The van der Waals surface area contributed by atoms with Gasteiger partial charge in [-0.05, 0) is 66.4 Å². The van der Waals surface area contributed by atoms with Gasteiger partial charge in [0.25, 0.3) is 6.43 Å². The number of aromatic nitrogens is 2. The highest BCUT2D eigenvalue weighted by Gasteiger charge is 2.34. The van der Waals surface area contributed by atoms with E-state index < -0.39 is 35.7 Å². The van der Waals surface area contributed by atoms with Crippen LogP contribution >= 0.6 is 0 Å². The Morgan fingerprint density at radius 2 is 1.47 bits per heavy atom. The predicted molar refractivity (Wildman–Crippen MR) is 100 cm³/mol. The third-order valence-corrected chi connectivity index (χ3v) is 4.56. The van der Waals surface area contributed by atoms with Crippen molar-refractivity contribution in [3.05, 3.63) is 93.6 Å². The molecule has 32 heavy (non-hydrogen) atoms. The van der Waals surface area contributed by atoms with Crippen molar-refractivity contribution >= 4 is 0 Å². The quantitative estimate of drug-likeness (QED) is 0.386. The number of nitrogens with zero attached hydrogens (tertiary/aromatic N) is 2. The van der Waals surface area contributed by atoms with E-state index in [4.69, 9.17) is 0 Å². The van der Waals surface area contributed by atoms with Gasteiger partial charge in [0, 0.05) is 18.3 Å². The molecule has 3 rings (SSSR count). The van der Waals surface area contributed by atoms with Crippen molar-refractivity contribution in [2.75, 3.05) is 0 Å². The van der Waals surface area contributed by atoms with Crippen LogP contribution in [0.1, 0.15) is 51.3 Å². The van der Waals surface area contributed by atoms with E-state index >= 15 is 0 Å². The molecule has 0 N–H and O–H groups in total. The van der Waals surface area contributed by atoms with E-state index in [-0.39, 0.29) is 35.2 Å². The van der Waals surface area contributed by atoms with E-state index in [9.17, 15) is 35.1 Å². The minimum atomic E-state index is -4.79. The molecule has 0 unspecified atom stereocenters. The Kier molecular flexibility index (Phi) is 6.52. The Morgan fingerprint density at radius 1 is 0.781 bits per heavy atom. The Morgan fingerprint density at radius 3 is 2.09 bits per heavy atom. The third-order valence-electron chi connectivity index (χ3n) is 4.56. The molecular formula is C22H16F8N2. The summed E-state index contributed by atoms with van der Waals surface area (Å²) in [6.07, 6.45) is -11.5. The summed E-state index contributed by atoms with van der Waals surface area (Å²) in [5, 5.41) is 0. The van der Waals surface area contributed by atoms with Gasteiger partial charge in [-0.2, -0.15) is 26.3 Å². The zero-order valence-corrected chi connectivity index (χ0v) is 16.5. The number of aryl methyl sites for hydroxylation is 1. The highest BCUT2D eigenvalue weighted by molar-refractivity contribution is 5.36. The molecule has 0 fully saturated rings. The predicted octanol–water partition coefficient (Wildman–Crippen LogP) is 6.94. The van der Waals surface area contributed by atoms with E-state index in [1.807, 2.05) is 0 Å². The molecule has 0 bridgehead atoms. The number of halogens is 8. The van der Waals surface area contributed by atoms with E-state index in [1.54, 1.807) is 0 Å². The highest BCUT2D eigenvalue weighted by Crippen LogP contribution is 2.32. The molecule has 170 valence electrons. The lowest BCUT2D eigenvalue weighted by Crippen LogP contribution is -2.11. The minimum Gasteiger partial charge on any atom is -0.255 e. The molecule has 0 aliphatic carbocycles. The second kappa shape index (κ2) is 8.84. The van der Waals surface area contributed by atoms with Crippen LogP contribution in [0, 0.1) is 6.92 Å². The molecule has 2 aromatic heterocycles. The number of alkyl halides is 8. The van der Waals surface area contributed by atoms with Gasteiger partial charge >= 0.3 is 12.4 Å². The highest BCUT2D eigenvalue weighted by atomic mass is 19.4. The first-order chi connectivity index (χ1) is 14.8. The minimum absolute atomic E-state index is 0.0510. The molecule has 2 heterocycles. The summed E-state index contributed by atoms with van der Waals surface area (Å²) >= 11 is 0. The van der Waals surface area contributed by atoms with Gasteiger partial charge in [0.2, 0.25) is 0 Å². The molecule has 0 saturated heterocycles. The molecular weight excluding hydrogens is 444 g/mol. The van der Waals surface area contributed by atoms with Gasteiger partial charge in [-0.3, -0.25) is 4.98 Å². The number of pyridine rings is 2. The fraction of sp³-hybridized carbons (Fsp3) is 0.273. The Labute approximate surface area is 177 Å². The SMILES string of the molecule is Cc1cc(Cc2cc(Cc3ccnc(C(F)F)c3)nc(C(F)(F)F)c2)cc(C(F)(F)F)c1. The van der Waals surface area contributed by atoms with Crippen LogP contribution in [-0.2, 0) is 25.2 Å². The van der Waals surface area contributed by atoms with Gasteiger partial charge in [-0.25, -0.2) is 13.8 Å². The molecule has 1 aromatic carbocycles. The van der Waals surface area contributed by atoms with Crippen LogP contribution in [0.2, 0.25) is 0 Å². The van der Waals surface area contributed by atoms with Crippen molar-refractivity contribution in [3.63, 3.8) is 0 Å². The summed E-state index contributed by atoms with van der Waals surface area (Å²) in [6.45, 7) is 1.46. The first kappa shape index (κ1) is 23.6. The fourth-order valence-corrected chi connectivity index (χ4v) is 3.29. The zero-order valence-electron chi connectivity index (χ0n) is 16.5. The summed E-state index contributed by atoms with van der Waals surface area (Å²) in [6, 6.07) is 7.85. The van der Waals surface area contributed by atoms with Gasteiger partial charge in [0.15, 0.2) is 0 Å². The average molecular weight is 460 g/mol. The number of rotatable bonds is 5. The summed E-state index contributed by atoms with van der Waals surface area (Å²) < 4.78 is 105. The molecule has 0 aliphatic heterocycles. The maximum atomic E-state index is 13.4. The first-order valence-corrected chi connectivity index (χ1v) is 9.29. The van der Waals surface area contributed by atoms with Crippen molar-refractivity contribution in [1.29, 1.82) is 0 Å². The van der Waals surface area contributed by atoms with Gasteiger partial charge in [-0.15, -0.1) is 0 Å². The van der Waals surface area contributed by atoms with Gasteiger partial charge in [-0.1, -0.05) is 11.6 Å². The van der Waals surface area contributed by atoms with Gasteiger partial charge in [0.1, 0.15) is 11.4 Å². The molecule has 0 saturated carbocycles. The van der Waals surface area contributed by atoms with Crippen LogP contribution in [0.3, 0.4) is 0 Å². The second-order valence-corrected chi connectivity index (χ2v) is 7.30. The fourth-order valence-electron chi connectivity index (χ4n) is 3.29. The average Bonchev–Trinajstić information content (AvgIpc) is 2.66. The standard InChI is InChI=1S/C22H16F8N2/c1-12-4-14(7-16(5-12)21(25,26)27)6-15-9-17(32-19(11-15)22(28,29)30)8-13-2-3-31-18(10-13)20(23)24/h2-5,7,9-11,20H,6,8H2,1H3. The Bertz CT molecular complexity index is 1100. The number of benzene rings is 1. The van der Waals surface area contributed by atoms with Gasteiger partial charge in [0.05, 0.1) is 5.56 Å².